The number of fused-ring (bicyclic) bond motifs is 1. The van der Waals surface area contributed by atoms with Gasteiger partial charge >= 0.3 is 5.97 Å². The number of nitrogens with zero attached hydrogens (tertiary/aromatic N) is 1. The van der Waals surface area contributed by atoms with Crippen molar-refractivity contribution in [2.45, 2.75) is 0 Å². The number of carbonyl (C=O) groups is 3. The standard InChI is InChI=1S/C22H14BrNO5/c23-18-10-3-4-11-19(18)28-13-20(25)29-15-7-5-6-14(12-15)24-21(26)16-8-1-2-9-17(16)22(24)27/h1-12H,13H2. The summed E-state index contributed by atoms with van der Waals surface area (Å²) in [6.45, 7) is -0.292. The summed E-state index contributed by atoms with van der Waals surface area (Å²) in [6, 6.07) is 20.0. The second-order valence-electron chi connectivity index (χ2n) is 6.18. The van der Waals surface area contributed by atoms with Gasteiger partial charge in [0.25, 0.3) is 11.8 Å². The Kier molecular flexibility index (Phi) is 5.14. The van der Waals surface area contributed by atoms with Crippen molar-refractivity contribution < 1.29 is 23.9 Å². The third-order valence-electron chi connectivity index (χ3n) is 4.28. The fraction of sp³-hybridized carbons (Fsp3) is 0.0455. The number of halogens is 1. The van der Waals surface area contributed by atoms with E-state index in [2.05, 4.69) is 15.9 Å². The third-order valence-corrected chi connectivity index (χ3v) is 4.94. The number of para-hydroxylation sites is 1. The first-order valence-corrected chi connectivity index (χ1v) is 9.50. The molecule has 3 aromatic carbocycles. The summed E-state index contributed by atoms with van der Waals surface area (Å²) in [7, 11) is 0. The molecule has 3 aromatic rings. The van der Waals surface area contributed by atoms with Crippen LogP contribution in [0.1, 0.15) is 20.7 Å². The highest BCUT2D eigenvalue weighted by Gasteiger charge is 2.36. The molecule has 0 aromatic heterocycles. The number of esters is 1. The molecule has 4 rings (SSSR count). The Bertz CT molecular complexity index is 1090. The first-order valence-electron chi connectivity index (χ1n) is 8.70. The topological polar surface area (TPSA) is 72.9 Å². The average Bonchev–Trinajstić information content (AvgIpc) is 2.98. The summed E-state index contributed by atoms with van der Waals surface area (Å²) >= 11 is 3.34. The van der Waals surface area contributed by atoms with E-state index in [-0.39, 0.29) is 12.4 Å². The molecule has 0 atom stereocenters. The van der Waals surface area contributed by atoms with E-state index in [0.29, 0.717) is 22.6 Å². The average molecular weight is 452 g/mol. The van der Waals surface area contributed by atoms with Crippen LogP contribution < -0.4 is 14.4 Å². The van der Waals surface area contributed by atoms with E-state index < -0.39 is 17.8 Å². The van der Waals surface area contributed by atoms with Crippen LogP contribution in [0.3, 0.4) is 0 Å². The summed E-state index contributed by atoms with van der Waals surface area (Å²) in [4.78, 5) is 38.4. The quantitative estimate of drug-likeness (QED) is 0.329. The van der Waals surface area contributed by atoms with Crippen molar-refractivity contribution in [3.8, 4) is 11.5 Å². The molecule has 0 unspecified atom stereocenters. The van der Waals surface area contributed by atoms with Gasteiger partial charge in [0.1, 0.15) is 11.5 Å². The summed E-state index contributed by atoms with van der Waals surface area (Å²) in [5.74, 6) is -0.707. The Labute approximate surface area is 174 Å². The minimum absolute atomic E-state index is 0.208. The number of imide groups is 1. The number of benzene rings is 3. The van der Waals surface area contributed by atoms with Gasteiger partial charge in [-0.2, -0.15) is 0 Å². The van der Waals surface area contributed by atoms with Crippen LogP contribution in [0.4, 0.5) is 5.69 Å². The van der Waals surface area contributed by atoms with E-state index in [1.807, 2.05) is 6.07 Å². The van der Waals surface area contributed by atoms with Crippen LogP contribution in [0.5, 0.6) is 11.5 Å². The Morgan fingerprint density at radius 3 is 2.21 bits per heavy atom. The van der Waals surface area contributed by atoms with E-state index in [0.717, 1.165) is 9.37 Å². The third kappa shape index (κ3) is 3.77. The lowest BCUT2D eigenvalue weighted by Gasteiger charge is -2.15. The fourth-order valence-corrected chi connectivity index (χ4v) is 3.37. The second kappa shape index (κ2) is 7.89. The Morgan fingerprint density at radius 2 is 1.52 bits per heavy atom. The molecule has 0 saturated heterocycles. The van der Waals surface area contributed by atoms with Gasteiger partial charge in [0.15, 0.2) is 6.61 Å². The van der Waals surface area contributed by atoms with Crippen molar-refractivity contribution in [3.63, 3.8) is 0 Å². The highest BCUT2D eigenvalue weighted by molar-refractivity contribution is 9.10. The lowest BCUT2D eigenvalue weighted by atomic mass is 10.1. The number of anilines is 1. The molecule has 0 bridgehead atoms. The zero-order valence-electron chi connectivity index (χ0n) is 15.0. The van der Waals surface area contributed by atoms with Crippen LogP contribution >= 0.6 is 15.9 Å². The first kappa shape index (κ1) is 18.9. The van der Waals surface area contributed by atoms with E-state index in [1.54, 1.807) is 60.7 Å². The van der Waals surface area contributed by atoms with Gasteiger partial charge in [-0.1, -0.05) is 30.3 Å². The van der Waals surface area contributed by atoms with Crippen LogP contribution in [0.25, 0.3) is 0 Å². The molecule has 1 heterocycles. The SMILES string of the molecule is O=C(COc1ccccc1Br)Oc1cccc(N2C(=O)c3ccccc3C2=O)c1. The highest BCUT2D eigenvalue weighted by atomic mass is 79.9. The molecule has 0 aliphatic carbocycles. The molecule has 144 valence electrons. The summed E-state index contributed by atoms with van der Waals surface area (Å²) in [6.07, 6.45) is 0. The number of rotatable bonds is 5. The lowest BCUT2D eigenvalue weighted by Crippen LogP contribution is -2.29. The van der Waals surface area contributed by atoms with Gasteiger partial charge in [-0.25, -0.2) is 9.69 Å². The largest absolute Gasteiger partial charge is 0.481 e. The predicted octanol–water partition coefficient (Wildman–Crippen LogP) is 4.23. The smallest absolute Gasteiger partial charge is 0.349 e. The predicted molar refractivity (Wildman–Crippen MR) is 109 cm³/mol. The van der Waals surface area contributed by atoms with E-state index in [4.69, 9.17) is 9.47 Å². The zero-order valence-corrected chi connectivity index (χ0v) is 16.6. The van der Waals surface area contributed by atoms with E-state index >= 15 is 0 Å². The molecule has 7 heteroatoms. The molecule has 0 fully saturated rings. The van der Waals surface area contributed by atoms with Crippen molar-refractivity contribution in [2.24, 2.45) is 0 Å². The Hall–Kier alpha value is -3.45. The van der Waals surface area contributed by atoms with Gasteiger partial charge in [0.05, 0.1) is 21.3 Å². The van der Waals surface area contributed by atoms with Gasteiger partial charge in [0.2, 0.25) is 0 Å². The minimum atomic E-state index is -0.611. The van der Waals surface area contributed by atoms with Gasteiger partial charge in [0, 0.05) is 6.07 Å². The number of ether oxygens (including phenoxy) is 2. The van der Waals surface area contributed by atoms with E-state index in [1.165, 1.54) is 6.07 Å². The van der Waals surface area contributed by atoms with Gasteiger partial charge < -0.3 is 9.47 Å². The molecule has 6 nitrogen and oxygen atoms in total. The molecule has 1 aliphatic rings. The van der Waals surface area contributed by atoms with Crippen LogP contribution in [-0.2, 0) is 4.79 Å². The first-order chi connectivity index (χ1) is 14.0. The van der Waals surface area contributed by atoms with Crippen molar-refractivity contribution in [1.82, 2.24) is 0 Å². The normalized spacial score (nSPS) is 12.7. The number of hydrogen-bond donors (Lipinski definition) is 0. The summed E-state index contributed by atoms with van der Waals surface area (Å²) in [5.41, 5.74) is 1.02. The van der Waals surface area contributed by atoms with Crippen LogP contribution in [0.15, 0.2) is 77.3 Å². The van der Waals surface area contributed by atoms with Crippen LogP contribution in [0, 0.1) is 0 Å². The fourth-order valence-electron chi connectivity index (χ4n) is 2.97. The lowest BCUT2D eigenvalue weighted by molar-refractivity contribution is -0.136. The van der Waals surface area contributed by atoms with E-state index in [9.17, 15) is 14.4 Å². The Balaban J connectivity index is 1.47. The maximum Gasteiger partial charge on any atom is 0.349 e. The molecule has 2 amide bonds. The van der Waals surface area contributed by atoms with Crippen molar-refractivity contribution >= 4 is 39.4 Å². The zero-order chi connectivity index (χ0) is 20.4. The van der Waals surface area contributed by atoms with Crippen LogP contribution in [0.2, 0.25) is 0 Å². The maximum absolute atomic E-state index is 12.6. The second-order valence-corrected chi connectivity index (χ2v) is 7.04. The number of amides is 2. The van der Waals surface area contributed by atoms with Gasteiger partial charge in [-0.3, -0.25) is 9.59 Å². The molecule has 0 saturated carbocycles. The molecular weight excluding hydrogens is 438 g/mol. The molecule has 0 spiro atoms. The molecule has 1 aliphatic heterocycles. The molecule has 0 radical (unpaired) electrons. The number of carbonyl (C=O) groups excluding carboxylic acids is 3. The van der Waals surface area contributed by atoms with Crippen LogP contribution in [-0.4, -0.2) is 24.4 Å². The molecule has 0 N–H and O–H groups in total. The maximum atomic E-state index is 12.6. The monoisotopic (exact) mass is 451 g/mol. The molecular formula is C22H14BrNO5. The van der Waals surface area contributed by atoms with Crippen molar-refractivity contribution in [1.29, 1.82) is 0 Å². The minimum Gasteiger partial charge on any atom is -0.481 e. The molecule has 29 heavy (non-hydrogen) atoms. The summed E-state index contributed by atoms with van der Waals surface area (Å²) < 4.78 is 11.5. The summed E-state index contributed by atoms with van der Waals surface area (Å²) in [5, 5.41) is 0. The van der Waals surface area contributed by atoms with Gasteiger partial charge in [-0.15, -0.1) is 0 Å². The highest BCUT2D eigenvalue weighted by Crippen LogP contribution is 2.30. The van der Waals surface area contributed by atoms with Crippen molar-refractivity contribution in [3.05, 3.63) is 88.4 Å². The van der Waals surface area contributed by atoms with Gasteiger partial charge in [-0.05, 0) is 52.3 Å². The van der Waals surface area contributed by atoms with Crippen molar-refractivity contribution in [2.75, 3.05) is 11.5 Å². The Morgan fingerprint density at radius 1 is 0.862 bits per heavy atom. The number of hydrogen-bond acceptors (Lipinski definition) is 5.